The highest BCUT2D eigenvalue weighted by molar-refractivity contribution is 5.94. The number of nitrogens with zero attached hydrogens (tertiary/aromatic N) is 2. The molecule has 0 bridgehead atoms. The average Bonchev–Trinajstić information content (AvgIpc) is 2.97. The Morgan fingerprint density at radius 1 is 1.12 bits per heavy atom. The number of rotatable bonds is 6. The zero-order chi connectivity index (χ0) is 18.5. The van der Waals surface area contributed by atoms with E-state index in [0.717, 1.165) is 22.5 Å². The summed E-state index contributed by atoms with van der Waals surface area (Å²) in [5, 5.41) is 17.4. The second-order valence-electron chi connectivity index (χ2n) is 6.42. The second kappa shape index (κ2) is 7.97. The van der Waals surface area contributed by atoms with Gasteiger partial charge >= 0.3 is 0 Å². The molecule has 0 radical (unpaired) electrons. The first-order chi connectivity index (χ1) is 12.5. The number of aliphatic hydroxyl groups is 1. The van der Waals surface area contributed by atoms with Gasteiger partial charge in [0.2, 0.25) is 0 Å². The van der Waals surface area contributed by atoms with Crippen LogP contribution in [0.1, 0.15) is 39.0 Å². The summed E-state index contributed by atoms with van der Waals surface area (Å²) in [6.07, 6.45) is -0.717. The summed E-state index contributed by atoms with van der Waals surface area (Å²) in [7, 11) is 0. The van der Waals surface area contributed by atoms with Gasteiger partial charge in [-0.05, 0) is 43.2 Å². The zero-order valence-corrected chi connectivity index (χ0v) is 15.0. The molecule has 5 heteroatoms. The summed E-state index contributed by atoms with van der Waals surface area (Å²) in [6, 6.07) is 18.8. The largest absolute Gasteiger partial charge is 0.387 e. The third-order valence-electron chi connectivity index (χ3n) is 4.29. The van der Waals surface area contributed by atoms with Gasteiger partial charge in [0.1, 0.15) is 0 Å². The smallest absolute Gasteiger partial charge is 0.251 e. The summed E-state index contributed by atoms with van der Waals surface area (Å²) < 4.78 is 1.95. The van der Waals surface area contributed by atoms with E-state index in [-0.39, 0.29) is 12.5 Å². The highest BCUT2D eigenvalue weighted by Gasteiger charge is 2.11. The van der Waals surface area contributed by atoms with E-state index < -0.39 is 6.10 Å². The summed E-state index contributed by atoms with van der Waals surface area (Å²) in [5.41, 5.74) is 4.54. The van der Waals surface area contributed by atoms with Crippen molar-refractivity contribution in [3.05, 3.63) is 88.7 Å². The van der Waals surface area contributed by atoms with Crippen molar-refractivity contribution in [3.8, 4) is 0 Å². The number of aryl methyl sites for hydroxylation is 2. The quantitative estimate of drug-likeness (QED) is 0.719. The number of hydrogen-bond acceptors (Lipinski definition) is 3. The van der Waals surface area contributed by atoms with E-state index in [0.29, 0.717) is 12.1 Å². The van der Waals surface area contributed by atoms with Gasteiger partial charge in [0.25, 0.3) is 5.91 Å². The van der Waals surface area contributed by atoms with Crippen molar-refractivity contribution < 1.29 is 9.90 Å². The van der Waals surface area contributed by atoms with E-state index in [2.05, 4.69) is 10.4 Å². The van der Waals surface area contributed by atoms with E-state index in [1.807, 2.05) is 67.1 Å². The van der Waals surface area contributed by atoms with Crippen molar-refractivity contribution in [1.82, 2.24) is 15.1 Å². The van der Waals surface area contributed by atoms with Crippen LogP contribution in [0.5, 0.6) is 0 Å². The second-order valence-corrected chi connectivity index (χ2v) is 6.42. The molecule has 0 saturated heterocycles. The summed E-state index contributed by atoms with van der Waals surface area (Å²) >= 11 is 0. The standard InChI is InChI=1S/C21H23N3O2/c1-15-12-16(2)24(23-15)14-17-8-10-19(11-9-17)21(26)22-13-20(25)18-6-4-3-5-7-18/h3-12,20,25H,13-14H2,1-2H3,(H,22,26). The first-order valence-electron chi connectivity index (χ1n) is 8.64. The van der Waals surface area contributed by atoms with Gasteiger partial charge in [0.05, 0.1) is 18.3 Å². The van der Waals surface area contributed by atoms with E-state index >= 15 is 0 Å². The Morgan fingerprint density at radius 3 is 2.42 bits per heavy atom. The fraction of sp³-hybridized carbons (Fsp3) is 0.238. The van der Waals surface area contributed by atoms with Crippen LogP contribution in [-0.4, -0.2) is 27.3 Å². The van der Waals surface area contributed by atoms with Gasteiger partial charge in [-0.2, -0.15) is 5.10 Å². The van der Waals surface area contributed by atoms with Crippen LogP contribution in [-0.2, 0) is 6.54 Å². The lowest BCUT2D eigenvalue weighted by atomic mass is 10.1. The van der Waals surface area contributed by atoms with Crippen molar-refractivity contribution >= 4 is 5.91 Å². The maximum atomic E-state index is 12.3. The lowest BCUT2D eigenvalue weighted by Gasteiger charge is -2.12. The van der Waals surface area contributed by atoms with E-state index in [1.165, 1.54) is 0 Å². The minimum absolute atomic E-state index is 0.177. The van der Waals surface area contributed by atoms with Crippen LogP contribution >= 0.6 is 0 Å². The Labute approximate surface area is 153 Å². The van der Waals surface area contributed by atoms with E-state index in [4.69, 9.17) is 0 Å². The number of amides is 1. The molecule has 3 rings (SSSR count). The van der Waals surface area contributed by atoms with Gasteiger partial charge in [0.15, 0.2) is 0 Å². The molecule has 5 nitrogen and oxygen atoms in total. The molecular weight excluding hydrogens is 326 g/mol. The number of aliphatic hydroxyl groups excluding tert-OH is 1. The SMILES string of the molecule is Cc1cc(C)n(Cc2ccc(C(=O)NCC(O)c3ccccc3)cc2)n1. The fourth-order valence-electron chi connectivity index (χ4n) is 2.85. The maximum Gasteiger partial charge on any atom is 0.251 e. The third-order valence-corrected chi connectivity index (χ3v) is 4.29. The van der Waals surface area contributed by atoms with Crippen LogP contribution in [0.2, 0.25) is 0 Å². The fourth-order valence-corrected chi connectivity index (χ4v) is 2.85. The number of nitrogens with one attached hydrogen (secondary N) is 1. The molecule has 0 aliphatic rings. The lowest BCUT2D eigenvalue weighted by Crippen LogP contribution is -2.28. The number of aromatic nitrogens is 2. The predicted octanol–water partition coefficient (Wildman–Crippen LogP) is 3.01. The zero-order valence-electron chi connectivity index (χ0n) is 15.0. The summed E-state index contributed by atoms with van der Waals surface area (Å²) in [4.78, 5) is 12.3. The molecule has 0 spiro atoms. The van der Waals surface area contributed by atoms with Crippen LogP contribution in [0.4, 0.5) is 0 Å². The minimum atomic E-state index is -0.717. The first kappa shape index (κ1) is 17.9. The van der Waals surface area contributed by atoms with Crippen molar-refractivity contribution in [2.45, 2.75) is 26.5 Å². The minimum Gasteiger partial charge on any atom is -0.387 e. The van der Waals surface area contributed by atoms with Gasteiger partial charge in [-0.1, -0.05) is 42.5 Å². The lowest BCUT2D eigenvalue weighted by molar-refractivity contribution is 0.0916. The molecular formula is C21H23N3O2. The maximum absolute atomic E-state index is 12.3. The van der Waals surface area contributed by atoms with Crippen molar-refractivity contribution in [1.29, 1.82) is 0 Å². The number of hydrogen-bond donors (Lipinski definition) is 2. The van der Waals surface area contributed by atoms with E-state index in [9.17, 15) is 9.90 Å². The first-order valence-corrected chi connectivity index (χ1v) is 8.64. The van der Waals surface area contributed by atoms with Crippen LogP contribution < -0.4 is 5.32 Å². The van der Waals surface area contributed by atoms with Crippen molar-refractivity contribution in [2.75, 3.05) is 6.54 Å². The number of benzene rings is 2. The monoisotopic (exact) mass is 349 g/mol. The molecule has 26 heavy (non-hydrogen) atoms. The molecule has 1 atom stereocenters. The molecule has 2 N–H and O–H groups in total. The third kappa shape index (κ3) is 4.37. The van der Waals surface area contributed by atoms with Gasteiger partial charge in [0, 0.05) is 17.8 Å². The molecule has 1 amide bonds. The van der Waals surface area contributed by atoms with Gasteiger partial charge in [-0.15, -0.1) is 0 Å². The highest BCUT2D eigenvalue weighted by Crippen LogP contribution is 2.12. The average molecular weight is 349 g/mol. The summed E-state index contributed by atoms with van der Waals surface area (Å²) in [6.45, 7) is 4.85. The Kier molecular flexibility index (Phi) is 5.49. The molecule has 0 fully saturated rings. The van der Waals surface area contributed by atoms with Gasteiger partial charge in [-0.3, -0.25) is 9.48 Å². The molecule has 0 aliphatic heterocycles. The molecule has 1 heterocycles. The molecule has 1 unspecified atom stereocenters. The predicted molar refractivity (Wildman–Crippen MR) is 101 cm³/mol. The molecule has 0 aliphatic carbocycles. The van der Waals surface area contributed by atoms with Crippen molar-refractivity contribution in [2.24, 2.45) is 0 Å². The normalized spacial score (nSPS) is 12.0. The molecule has 0 saturated carbocycles. The molecule has 1 aromatic heterocycles. The number of carbonyl (C=O) groups is 1. The topological polar surface area (TPSA) is 67.2 Å². The Hall–Kier alpha value is -2.92. The van der Waals surface area contributed by atoms with Gasteiger partial charge < -0.3 is 10.4 Å². The summed E-state index contributed by atoms with van der Waals surface area (Å²) in [5.74, 6) is -0.197. The van der Waals surface area contributed by atoms with Gasteiger partial charge in [-0.25, -0.2) is 0 Å². The highest BCUT2D eigenvalue weighted by atomic mass is 16.3. The Morgan fingerprint density at radius 2 is 1.81 bits per heavy atom. The van der Waals surface area contributed by atoms with Crippen LogP contribution in [0.3, 0.4) is 0 Å². The Balaban J connectivity index is 1.57. The van der Waals surface area contributed by atoms with E-state index in [1.54, 1.807) is 12.1 Å². The van der Waals surface area contributed by atoms with Crippen molar-refractivity contribution in [3.63, 3.8) is 0 Å². The molecule has 134 valence electrons. The number of carbonyl (C=O) groups excluding carboxylic acids is 1. The van der Waals surface area contributed by atoms with Crippen LogP contribution in [0.15, 0.2) is 60.7 Å². The van der Waals surface area contributed by atoms with Crippen LogP contribution in [0.25, 0.3) is 0 Å². The van der Waals surface area contributed by atoms with Crippen LogP contribution in [0, 0.1) is 13.8 Å². The Bertz CT molecular complexity index is 870. The molecule has 3 aromatic rings. The molecule has 2 aromatic carbocycles.